The summed E-state index contributed by atoms with van der Waals surface area (Å²) in [6.07, 6.45) is -0.444. The Morgan fingerprint density at radius 1 is 1.42 bits per heavy atom. The molecule has 19 heavy (non-hydrogen) atoms. The van der Waals surface area contributed by atoms with E-state index in [-0.39, 0.29) is 6.54 Å². The number of nitrogens with zero attached hydrogens (tertiary/aromatic N) is 4. The lowest BCUT2D eigenvalue weighted by Crippen LogP contribution is -2.28. The summed E-state index contributed by atoms with van der Waals surface area (Å²) in [7, 11) is 1.67. The molecule has 1 heterocycles. The molecule has 0 aliphatic rings. The fourth-order valence-corrected chi connectivity index (χ4v) is 1.62. The molecule has 1 N–H and O–H groups in total. The van der Waals surface area contributed by atoms with Crippen LogP contribution in [-0.4, -0.2) is 53.0 Å². The van der Waals surface area contributed by atoms with E-state index in [2.05, 4.69) is 29.5 Å². The summed E-state index contributed by atoms with van der Waals surface area (Å²) < 4.78 is 26.0. The van der Waals surface area contributed by atoms with Crippen molar-refractivity contribution < 1.29 is 8.78 Å². The second-order valence-corrected chi connectivity index (χ2v) is 5.15. The Labute approximate surface area is 113 Å². The molecule has 1 rings (SSSR count). The molecule has 1 aromatic rings. The van der Waals surface area contributed by atoms with Gasteiger partial charge in [0, 0.05) is 19.3 Å². The molecule has 0 aromatic carbocycles. The first-order valence-corrected chi connectivity index (χ1v) is 6.53. The zero-order valence-corrected chi connectivity index (χ0v) is 11.8. The van der Waals surface area contributed by atoms with Gasteiger partial charge in [-0.1, -0.05) is 19.1 Å². The predicted molar refractivity (Wildman–Crippen MR) is 70.1 cm³/mol. The monoisotopic (exact) mass is 275 g/mol. The Hall–Kier alpha value is -1.08. The van der Waals surface area contributed by atoms with E-state index in [9.17, 15) is 8.78 Å². The van der Waals surface area contributed by atoms with Gasteiger partial charge in [-0.3, -0.25) is 9.58 Å². The van der Waals surface area contributed by atoms with E-state index < -0.39 is 6.43 Å². The maximum Gasteiger partial charge on any atom is 0.251 e. The van der Waals surface area contributed by atoms with E-state index in [1.165, 1.54) is 0 Å². The Bertz CT molecular complexity index is 354. The molecule has 5 nitrogen and oxygen atoms in total. The highest BCUT2D eigenvalue weighted by molar-refractivity contribution is 4.91. The Morgan fingerprint density at radius 3 is 2.79 bits per heavy atom. The van der Waals surface area contributed by atoms with Gasteiger partial charge in [-0.2, -0.15) is 0 Å². The summed E-state index contributed by atoms with van der Waals surface area (Å²) in [5.74, 6) is 0.595. The Kier molecular flexibility index (Phi) is 6.86. The summed E-state index contributed by atoms with van der Waals surface area (Å²) >= 11 is 0. The van der Waals surface area contributed by atoms with Crippen LogP contribution in [0.15, 0.2) is 6.20 Å². The third kappa shape index (κ3) is 7.17. The van der Waals surface area contributed by atoms with Gasteiger partial charge in [0.2, 0.25) is 0 Å². The van der Waals surface area contributed by atoms with Gasteiger partial charge in [-0.25, -0.2) is 8.78 Å². The molecule has 0 aliphatic carbocycles. The SMILES string of the molecule is CC(C)CNCc1cn(CCN(C)CC(F)F)nn1. The van der Waals surface area contributed by atoms with Crippen LogP contribution in [0.25, 0.3) is 0 Å². The molecule has 0 spiro atoms. The van der Waals surface area contributed by atoms with Crippen molar-refractivity contribution in [2.75, 3.05) is 26.7 Å². The summed E-state index contributed by atoms with van der Waals surface area (Å²) in [6.45, 7) is 6.80. The quantitative estimate of drug-likeness (QED) is 0.736. The van der Waals surface area contributed by atoms with Gasteiger partial charge in [0.15, 0.2) is 0 Å². The van der Waals surface area contributed by atoms with Crippen LogP contribution in [-0.2, 0) is 13.1 Å². The van der Waals surface area contributed by atoms with Crippen molar-refractivity contribution in [3.63, 3.8) is 0 Å². The number of aromatic nitrogens is 3. The summed E-state index contributed by atoms with van der Waals surface area (Å²) in [6, 6.07) is 0. The highest BCUT2D eigenvalue weighted by atomic mass is 19.3. The van der Waals surface area contributed by atoms with E-state index in [0.717, 1.165) is 12.2 Å². The van der Waals surface area contributed by atoms with Gasteiger partial charge in [0.25, 0.3) is 6.43 Å². The summed E-state index contributed by atoms with van der Waals surface area (Å²) in [5, 5.41) is 11.3. The molecule has 0 saturated carbocycles. The van der Waals surface area contributed by atoms with Gasteiger partial charge >= 0.3 is 0 Å². The number of likely N-dealkylation sites (N-methyl/N-ethyl adjacent to an activating group) is 1. The van der Waals surface area contributed by atoms with Crippen LogP contribution in [0.4, 0.5) is 8.78 Å². The normalized spacial score (nSPS) is 12.0. The molecule has 110 valence electrons. The topological polar surface area (TPSA) is 46.0 Å². The number of hydrogen-bond donors (Lipinski definition) is 1. The molecule has 0 aliphatic heterocycles. The van der Waals surface area contributed by atoms with Gasteiger partial charge in [-0.05, 0) is 19.5 Å². The van der Waals surface area contributed by atoms with Crippen molar-refractivity contribution in [2.45, 2.75) is 33.4 Å². The van der Waals surface area contributed by atoms with Gasteiger partial charge < -0.3 is 5.32 Å². The average Bonchev–Trinajstić information content (AvgIpc) is 2.73. The van der Waals surface area contributed by atoms with Crippen LogP contribution in [0.1, 0.15) is 19.5 Å². The zero-order chi connectivity index (χ0) is 14.3. The number of nitrogens with one attached hydrogen (secondary N) is 1. The van der Waals surface area contributed by atoms with Crippen molar-refractivity contribution in [1.82, 2.24) is 25.2 Å². The van der Waals surface area contributed by atoms with E-state index in [1.54, 1.807) is 16.6 Å². The molecule has 0 fully saturated rings. The molecule has 0 unspecified atom stereocenters. The third-order valence-corrected chi connectivity index (χ3v) is 2.61. The number of rotatable bonds is 9. The first-order valence-electron chi connectivity index (χ1n) is 6.53. The maximum absolute atomic E-state index is 12.1. The molecule has 0 amide bonds. The molecule has 1 aromatic heterocycles. The fraction of sp³-hybridized carbons (Fsp3) is 0.833. The minimum Gasteiger partial charge on any atom is -0.311 e. The number of hydrogen-bond acceptors (Lipinski definition) is 4. The van der Waals surface area contributed by atoms with E-state index in [1.807, 2.05) is 6.20 Å². The predicted octanol–water partition coefficient (Wildman–Crippen LogP) is 1.22. The first kappa shape index (κ1) is 16.0. The van der Waals surface area contributed by atoms with Crippen molar-refractivity contribution in [2.24, 2.45) is 5.92 Å². The molecule has 0 radical (unpaired) electrons. The minimum absolute atomic E-state index is 0.211. The fourth-order valence-electron chi connectivity index (χ4n) is 1.62. The highest BCUT2D eigenvalue weighted by Crippen LogP contribution is 1.98. The lowest BCUT2D eigenvalue weighted by atomic mass is 10.2. The van der Waals surface area contributed by atoms with Crippen LogP contribution >= 0.6 is 0 Å². The van der Waals surface area contributed by atoms with E-state index in [4.69, 9.17) is 0 Å². The molecule has 7 heteroatoms. The smallest absolute Gasteiger partial charge is 0.251 e. The zero-order valence-electron chi connectivity index (χ0n) is 11.8. The van der Waals surface area contributed by atoms with Crippen LogP contribution < -0.4 is 5.32 Å². The minimum atomic E-state index is -2.29. The van der Waals surface area contributed by atoms with Crippen LogP contribution in [0.3, 0.4) is 0 Å². The largest absolute Gasteiger partial charge is 0.311 e. The second-order valence-electron chi connectivity index (χ2n) is 5.15. The molecular formula is C12H23F2N5. The van der Waals surface area contributed by atoms with Crippen molar-refractivity contribution in [1.29, 1.82) is 0 Å². The van der Waals surface area contributed by atoms with Crippen LogP contribution in [0.5, 0.6) is 0 Å². The maximum atomic E-state index is 12.1. The first-order chi connectivity index (χ1) is 8.97. The van der Waals surface area contributed by atoms with Crippen molar-refractivity contribution >= 4 is 0 Å². The van der Waals surface area contributed by atoms with Gasteiger partial charge in [-0.15, -0.1) is 5.10 Å². The summed E-state index contributed by atoms with van der Waals surface area (Å²) in [5.41, 5.74) is 0.872. The van der Waals surface area contributed by atoms with Gasteiger partial charge in [0.05, 0.1) is 18.8 Å². The molecule has 0 atom stereocenters. The second kappa shape index (κ2) is 8.16. The molecular weight excluding hydrogens is 252 g/mol. The molecule has 0 saturated heterocycles. The number of halogens is 2. The van der Waals surface area contributed by atoms with Crippen molar-refractivity contribution in [3.8, 4) is 0 Å². The lowest BCUT2D eigenvalue weighted by molar-refractivity contribution is 0.0983. The van der Waals surface area contributed by atoms with Crippen molar-refractivity contribution in [3.05, 3.63) is 11.9 Å². The molecule has 0 bridgehead atoms. The summed E-state index contributed by atoms with van der Waals surface area (Å²) in [4.78, 5) is 1.59. The third-order valence-electron chi connectivity index (χ3n) is 2.61. The van der Waals surface area contributed by atoms with Gasteiger partial charge in [0.1, 0.15) is 0 Å². The number of alkyl halides is 2. The Balaban J connectivity index is 2.26. The average molecular weight is 275 g/mol. The highest BCUT2D eigenvalue weighted by Gasteiger charge is 2.08. The van der Waals surface area contributed by atoms with Crippen LogP contribution in [0, 0.1) is 5.92 Å². The standard InChI is InChI=1S/C12H23F2N5/c1-10(2)6-15-7-11-8-19(17-16-11)5-4-18(3)9-12(13)14/h8,10,12,15H,4-7,9H2,1-3H3. The van der Waals surface area contributed by atoms with E-state index >= 15 is 0 Å². The van der Waals surface area contributed by atoms with E-state index in [0.29, 0.717) is 25.6 Å². The van der Waals surface area contributed by atoms with Crippen LogP contribution in [0.2, 0.25) is 0 Å². The Morgan fingerprint density at radius 2 is 2.16 bits per heavy atom. The lowest BCUT2D eigenvalue weighted by Gasteiger charge is -2.15.